The lowest BCUT2D eigenvalue weighted by Crippen LogP contribution is -2.50. The fourth-order valence-corrected chi connectivity index (χ4v) is 2.57. The SMILES string of the molecule is [NH3+]CCCc1nnc(SCc2ccc3c(c2)OCO3)o1. The first-order chi connectivity index (χ1) is 9.85. The summed E-state index contributed by atoms with van der Waals surface area (Å²) in [4.78, 5) is 0. The molecular formula is C13H16N3O3S+. The van der Waals surface area contributed by atoms with Gasteiger partial charge in [0.05, 0.1) is 6.54 Å². The van der Waals surface area contributed by atoms with E-state index in [2.05, 4.69) is 15.9 Å². The van der Waals surface area contributed by atoms with Gasteiger partial charge in [-0.1, -0.05) is 17.8 Å². The smallest absolute Gasteiger partial charge is 0.276 e. The third-order valence-corrected chi connectivity index (χ3v) is 3.78. The summed E-state index contributed by atoms with van der Waals surface area (Å²) >= 11 is 1.52. The number of benzene rings is 1. The van der Waals surface area contributed by atoms with E-state index in [-0.39, 0.29) is 0 Å². The average Bonchev–Trinajstić information content (AvgIpc) is 3.11. The maximum Gasteiger partial charge on any atom is 0.276 e. The lowest BCUT2D eigenvalue weighted by molar-refractivity contribution is -0.368. The van der Waals surface area contributed by atoms with Crippen LogP contribution in [0.1, 0.15) is 17.9 Å². The van der Waals surface area contributed by atoms with Gasteiger partial charge in [0.1, 0.15) is 0 Å². The highest BCUT2D eigenvalue weighted by Gasteiger charge is 2.14. The van der Waals surface area contributed by atoms with E-state index in [0.29, 0.717) is 17.9 Å². The van der Waals surface area contributed by atoms with E-state index >= 15 is 0 Å². The molecule has 3 rings (SSSR count). The first-order valence-corrected chi connectivity index (χ1v) is 7.46. The van der Waals surface area contributed by atoms with Gasteiger partial charge in [0.25, 0.3) is 5.22 Å². The van der Waals surface area contributed by atoms with Crippen LogP contribution in [-0.2, 0) is 12.2 Å². The minimum absolute atomic E-state index is 0.297. The Bertz CT molecular complexity index is 588. The van der Waals surface area contributed by atoms with Crippen LogP contribution < -0.4 is 15.2 Å². The molecule has 0 saturated carbocycles. The van der Waals surface area contributed by atoms with Crippen molar-refractivity contribution in [2.24, 2.45) is 0 Å². The third-order valence-electron chi connectivity index (χ3n) is 2.89. The van der Waals surface area contributed by atoms with Crippen molar-refractivity contribution in [2.45, 2.75) is 23.8 Å². The number of ether oxygens (including phenoxy) is 2. The van der Waals surface area contributed by atoms with Gasteiger partial charge >= 0.3 is 0 Å². The van der Waals surface area contributed by atoms with Crippen LogP contribution in [0, 0.1) is 0 Å². The maximum atomic E-state index is 5.56. The normalized spacial score (nSPS) is 12.8. The third kappa shape index (κ3) is 3.05. The van der Waals surface area contributed by atoms with Crippen molar-refractivity contribution in [1.82, 2.24) is 10.2 Å². The number of rotatable bonds is 6. The highest BCUT2D eigenvalue weighted by Crippen LogP contribution is 2.34. The number of hydrogen-bond acceptors (Lipinski definition) is 6. The van der Waals surface area contributed by atoms with Gasteiger partial charge in [0.2, 0.25) is 12.7 Å². The molecule has 0 saturated heterocycles. The van der Waals surface area contributed by atoms with E-state index in [1.165, 1.54) is 11.8 Å². The van der Waals surface area contributed by atoms with E-state index in [1.807, 2.05) is 18.2 Å². The van der Waals surface area contributed by atoms with E-state index in [9.17, 15) is 0 Å². The predicted octanol–water partition coefficient (Wildman–Crippen LogP) is 1.27. The van der Waals surface area contributed by atoms with Crippen LogP contribution in [0.3, 0.4) is 0 Å². The van der Waals surface area contributed by atoms with Crippen LogP contribution in [-0.4, -0.2) is 23.5 Å². The van der Waals surface area contributed by atoms with Crippen LogP contribution in [0.15, 0.2) is 27.8 Å². The molecule has 2 aromatic rings. The first kappa shape index (κ1) is 13.3. The van der Waals surface area contributed by atoms with Crippen molar-refractivity contribution in [3.8, 4) is 11.5 Å². The summed E-state index contributed by atoms with van der Waals surface area (Å²) in [7, 11) is 0. The molecule has 20 heavy (non-hydrogen) atoms. The highest BCUT2D eigenvalue weighted by atomic mass is 32.2. The Kier molecular flexibility index (Phi) is 4.08. The summed E-state index contributed by atoms with van der Waals surface area (Å²) in [5.41, 5.74) is 4.93. The monoisotopic (exact) mass is 294 g/mol. The van der Waals surface area contributed by atoms with E-state index in [4.69, 9.17) is 13.9 Å². The Labute approximate surface area is 120 Å². The van der Waals surface area contributed by atoms with Crippen LogP contribution in [0.4, 0.5) is 0 Å². The molecule has 1 aromatic carbocycles. The zero-order valence-corrected chi connectivity index (χ0v) is 11.8. The van der Waals surface area contributed by atoms with E-state index in [1.54, 1.807) is 0 Å². The summed E-state index contributed by atoms with van der Waals surface area (Å²) in [6.07, 6.45) is 1.76. The Morgan fingerprint density at radius 3 is 3.00 bits per heavy atom. The Balaban J connectivity index is 1.57. The average molecular weight is 294 g/mol. The van der Waals surface area contributed by atoms with Gasteiger partial charge < -0.3 is 19.6 Å². The standard InChI is InChI=1S/C13H15N3O3S/c14-5-1-2-12-15-16-13(19-12)20-7-9-3-4-10-11(6-9)18-8-17-10/h3-4,6H,1-2,5,7-8,14H2/p+1. The van der Waals surface area contributed by atoms with Gasteiger partial charge in [-0.2, -0.15) is 0 Å². The number of aryl methyl sites for hydroxylation is 1. The number of nitrogens with zero attached hydrogens (tertiary/aromatic N) is 2. The molecule has 0 radical (unpaired) electrons. The molecule has 0 unspecified atom stereocenters. The molecule has 0 amide bonds. The van der Waals surface area contributed by atoms with Gasteiger partial charge in [-0.25, -0.2) is 0 Å². The van der Waals surface area contributed by atoms with Crippen LogP contribution in [0.5, 0.6) is 11.5 Å². The summed E-state index contributed by atoms with van der Waals surface area (Å²) in [5.74, 6) is 3.03. The van der Waals surface area contributed by atoms with Crippen molar-refractivity contribution < 1.29 is 19.6 Å². The molecule has 0 bridgehead atoms. The molecule has 1 aliphatic heterocycles. The second kappa shape index (κ2) is 6.15. The van der Waals surface area contributed by atoms with Crippen molar-refractivity contribution >= 4 is 11.8 Å². The summed E-state index contributed by atoms with van der Waals surface area (Å²) in [6, 6.07) is 5.92. The zero-order valence-electron chi connectivity index (χ0n) is 11.0. The summed E-state index contributed by atoms with van der Waals surface area (Å²) < 4.78 is 16.2. The molecule has 2 heterocycles. The van der Waals surface area contributed by atoms with E-state index < -0.39 is 0 Å². The molecule has 0 atom stereocenters. The molecule has 1 aromatic heterocycles. The highest BCUT2D eigenvalue weighted by molar-refractivity contribution is 7.98. The molecule has 7 heteroatoms. The van der Waals surface area contributed by atoms with Gasteiger partial charge in [0, 0.05) is 18.6 Å². The van der Waals surface area contributed by atoms with Gasteiger partial charge in [0.15, 0.2) is 11.5 Å². The second-order valence-electron chi connectivity index (χ2n) is 4.40. The number of hydrogen-bond donors (Lipinski definition) is 1. The molecule has 0 spiro atoms. The van der Waals surface area contributed by atoms with E-state index in [0.717, 1.165) is 42.2 Å². The minimum atomic E-state index is 0.297. The fraction of sp³-hybridized carbons (Fsp3) is 0.385. The van der Waals surface area contributed by atoms with Gasteiger partial charge in [-0.15, -0.1) is 10.2 Å². The molecule has 1 aliphatic rings. The van der Waals surface area contributed by atoms with Crippen molar-refractivity contribution in [3.63, 3.8) is 0 Å². The lowest BCUT2D eigenvalue weighted by Gasteiger charge is -2.00. The molecule has 106 valence electrons. The van der Waals surface area contributed by atoms with Crippen molar-refractivity contribution in [1.29, 1.82) is 0 Å². The Hall–Kier alpha value is -1.73. The van der Waals surface area contributed by atoms with Gasteiger partial charge in [-0.05, 0) is 17.7 Å². The predicted molar refractivity (Wildman–Crippen MR) is 72.5 cm³/mol. The second-order valence-corrected chi connectivity index (χ2v) is 5.32. The van der Waals surface area contributed by atoms with Crippen molar-refractivity contribution in [3.05, 3.63) is 29.7 Å². The molecule has 0 aliphatic carbocycles. The number of thioether (sulfide) groups is 1. The maximum absolute atomic E-state index is 5.56. The zero-order chi connectivity index (χ0) is 13.8. The van der Waals surface area contributed by atoms with Crippen LogP contribution in [0.2, 0.25) is 0 Å². The van der Waals surface area contributed by atoms with Crippen LogP contribution >= 0.6 is 11.8 Å². The Morgan fingerprint density at radius 1 is 1.20 bits per heavy atom. The Morgan fingerprint density at radius 2 is 2.10 bits per heavy atom. The molecule has 6 nitrogen and oxygen atoms in total. The molecule has 3 N–H and O–H groups in total. The van der Waals surface area contributed by atoms with Gasteiger partial charge in [-0.3, -0.25) is 0 Å². The molecule has 0 fully saturated rings. The van der Waals surface area contributed by atoms with Crippen LogP contribution in [0.25, 0.3) is 0 Å². The topological polar surface area (TPSA) is 85.0 Å². The first-order valence-electron chi connectivity index (χ1n) is 6.48. The summed E-state index contributed by atoms with van der Waals surface area (Å²) in [5, 5.41) is 8.64. The quantitative estimate of drug-likeness (QED) is 0.807. The lowest BCUT2D eigenvalue weighted by atomic mass is 10.2. The largest absolute Gasteiger partial charge is 0.454 e. The number of aromatic nitrogens is 2. The molecular weight excluding hydrogens is 278 g/mol. The van der Waals surface area contributed by atoms with Crippen molar-refractivity contribution in [2.75, 3.05) is 13.3 Å². The minimum Gasteiger partial charge on any atom is -0.454 e. The fourth-order valence-electron chi connectivity index (χ4n) is 1.85. The number of quaternary nitrogens is 1. The summed E-state index contributed by atoms with van der Waals surface area (Å²) in [6.45, 7) is 1.17. The number of fused-ring (bicyclic) bond motifs is 1.